The number of halogens is 1. The topological polar surface area (TPSA) is 115 Å². The van der Waals surface area contributed by atoms with Gasteiger partial charge in [0.1, 0.15) is 0 Å². The minimum absolute atomic E-state index is 0.0722. The standard InChI is InChI=1S/C12H11BClN3O4S/c14-11-3-8(15)5-16-12(11)22(19,20)17-9-2-1-7-6-21-13(18)10(7)4-9/h1-5,17-18H,6,15H2. The highest BCUT2D eigenvalue weighted by Gasteiger charge is 2.28. The van der Waals surface area contributed by atoms with Crippen molar-refractivity contribution in [3.05, 3.63) is 41.0 Å². The molecule has 10 heteroatoms. The monoisotopic (exact) mass is 339 g/mol. The van der Waals surface area contributed by atoms with Crippen LogP contribution in [0.5, 0.6) is 0 Å². The van der Waals surface area contributed by atoms with Gasteiger partial charge in [-0.2, -0.15) is 8.42 Å². The van der Waals surface area contributed by atoms with Gasteiger partial charge in [0.15, 0.2) is 5.03 Å². The molecule has 0 saturated carbocycles. The molecular formula is C12H11BClN3O4S. The first-order valence-electron chi connectivity index (χ1n) is 6.23. The Morgan fingerprint density at radius 1 is 1.41 bits per heavy atom. The molecule has 0 aliphatic carbocycles. The van der Waals surface area contributed by atoms with Crippen LogP contribution in [0.1, 0.15) is 5.56 Å². The van der Waals surface area contributed by atoms with E-state index in [1.807, 2.05) is 0 Å². The van der Waals surface area contributed by atoms with E-state index in [2.05, 4.69) is 9.71 Å². The van der Waals surface area contributed by atoms with Gasteiger partial charge in [0.25, 0.3) is 10.0 Å². The number of aromatic nitrogens is 1. The van der Waals surface area contributed by atoms with E-state index in [1.165, 1.54) is 18.3 Å². The predicted molar refractivity (Wildman–Crippen MR) is 83.3 cm³/mol. The number of nitrogens with zero attached hydrogens (tertiary/aromatic N) is 1. The van der Waals surface area contributed by atoms with Crippen molar-refractivity contribution >= 4 is 45.6 Å². The van der Waals surface area contributed by atoms with Crippen LogP contribution in [0, 0.1) is 0 Å². The molecule has 0 atom stereocenters. The molecule has 0 unspecified atom stereocenters. The van der Waals surface area contributed by atoms with Crippen LogP contribution in [-0.4, -0.2) is 25.5 Å². The van der Waals surface area contributed by atoms with Gasteiger partial charge in [-0.3, -0.25) is 4.72 Å². The molecule has 1 aromatic heterocycles. The maximum absolute atomic E-state index is 12.3. The molecule has 4 N–H and O–H groups in total. The highest BCUT2D eigenvalue weighted by Crippen LogP contribution is 2.24. The Kier molecular flexibility index (Phi) is 3.73. The molecule has 2 aromatic rings. The van der Waals surface area contributed by atoms with Crippen LogP contribution < -0.4 is 15.9 Å². The Labute approximate surface area is 132 Å². The van der Waals surface area contributed by atoms with Crippen molar-refractivity contribution in [2.24, 2.45) is 0 Å². The fourth-order valence-electron chi connectivity index (χ4n) is 2.12. The van der Waals surface area contributed by atoms with Crippen LogP contribution in [0.15, 0.2) is 35.5 Å². The van der Waals surface area contributed by atoms with Gasteiger partial charge in [-0.25, -0.2) is 4.98 Å². The molecule has 2 heterocycles. The summed E-state index contributed by atoms with van der Waals surface area (Å²) in [6.07, 6.45) is 1.21. The molecule has 0 amide bonds. The van der Waals surface area contributed by atoms with E-state index in [1.54, 1.807) is 12.1 Å². The molecular weight excluding hydrogens is 328 g/mol. The van der Waals surface area contributed by atoms with E-state index in [4.69, 9.17) is 22.0 Å². The molecule has 22 heavy (non-hydrogen) atoms. The molecule has 0 bridgehead atoms. The Balaban J connectivity index is 1.93. The van der Waals surface area contributed by atoms with Crippen molar-refractivity contribution in [3.8, 4) is 0 Å². The number of hydrogen-bond acceptors (Lipinski definition) is 6. The summed E-state index contributed by atoms with van der Waals surface area (Å²) in [5.41, 5.74) is 7.37. The van der Waals surface area contributed by atoms with Gasteiger partial charge in [0.2, 0.25) is 0 Å². The van der Waals surface area contributed by atoms with Crippen LogP contribution in [0.25, 0.3) is 0 Å². The molecule has 114 valence electrons. The van der Waals surface area contributed by atoms with Gasteiger partial charge < -0.3 is 15.4 Å². The molecule has 0 saturated heterocycles. The zero-order chi connectivity index (χ0) is 15.9. The lowest BCUT2D eigenvalue weighted by Crippen LogP contribution is -2.28. The number of pyridine rings is 1. The maximum Gasteiger partial charge on any atom is 0.491 e. The van der Waals surface area contributed by atoms with Crippen LogP contribution in [0.4, 0.5) is 11.4 Å². The first kappa shape index (κ1) is 15.1. The van der Waals surface area contributed by atoms with E-state index in [0.29, 0.717) is 5.46 Å². The summed E-state index contributed by atoms with van der Waals surface area (Å²) in [6.45, 7) is 0.287. The van der Waals surface area contributed by atoms with Gasteiger partial charge in [-0.1, -0.05) is 17.7 Å². The first-order valence-corrected chi connectivity index (χ1v) is 8.09. The number of fused-ring (bicyclic) bond motifs is 1. The Morgan fingerprint density at radius 2 is 2.18 bits per heavy atom. The third-order valence-corrected chi connectivity index (χ3v) is 4.88. The fourth-order valence-corrected chi connectivity index (χ4v) is 3.64. The Hall–Kier alpha value is -1.81. The molecule has 1 aliphatic heterocycles. The highest BCUT2D eigenvalue weighted by molar-refractivity contribution is 7.92. The Morgan fingerprint density at radius 3 is 2.91 bits per heavy atom. The van der Waals surface area contributed by atoms with Crippen LogP contribution >= 0.6 is 11.6 Å². The molecule has 3 rings (SSSR count). The summed E-state index contributed by atoms with van der Waals surface area (Å²) in [5, 5.41) is 9.26. The van der Waals surface area contributed by atoms with Crippen LogP contribution in [0.2, 0.25) is 5.02 Å². The second kappa shape index (κ2) is 5.43. The second-order valence-corrected chi connectivity index (χ2v) is 6.74. The van der Waals surface area contributed by atoms with Gasteiger partial charge >= 0.3 is 7.12 Å². The lowest BCUT2D eigenvalue weighted by molar-refractivity contribution is 0.275. The second-order valence-electron chi connectivity index (χ2n) is 4.74. The number of benzene rings is 1. The van der Waals surface area contributed by atoms with Crippen LogP contribution in [0.3, 0.4) is 0 Å². The lowest BCUT2D eigenvalue weighted by Gasteiger charge is -2.10. The summed E-state index contributed by atoms with van der Waals surface area (Å²) in [7, 11) is -5.02. The molecule has 0 radical (unpaired) electrons. The van der Waals surface area contributed by atoms with Crippen molar-refractivity contribution in [2.45, 2.75) is 11.6 Å². The molecule has 1 aliphatic rings. The van der Waals surface area contributed by atoms with E-state index < -0.39 is 17.1 Å². The van der Waals surface area contributed by atoms with E-state index >= 15 is 0 Å². The SMILES string of the molecule is Nc1cnc(S(=O)(=O)Nc2ccc3c(c2)B(O)OC3)c(Cl)c1. The third-order valence-electron chi connectivity index (χ3n) is 3.14. The first-order chi connectivity index (χ1) is 10.4. The van der Waals surface area contributed by atoms with Gasteiger partial charge in [-0.05, 0) is 29.2 Å². The smallest absolute Gasteiger partial charge is 0.423 e. The van der Waals surface area contributed by atoms with E-state index in [0.717, 1.165) is 5.56 Å². The quantitative estimate of drug-likeness (QED) is 0.695. The van der Waals surface area contributed by atoms with Crippen molar-refractivity contribution in [2.75, 3.05) is 10.5 Å². The molecule has 1 aromatic carbocycles. The normalized spacial score (nSPS) is 14.0. The maximum atomic E-state index is 12.3. The molecule has 0 fully saturated rings. The average Bonchev–Trinajstić information content (AvgIpc) is 2.79. The van der Waals surface area contributed by atoms with Crippen molar-refractivity contribution < 1.29 is 18.1 Å². The number of rotatable bonds is 3. The Bertz CT molecular complexity index is 846. The van der Waals surface area contributed by atoms with Gasteiger partial charge in [0, 0.05) is 5.69 Å². The number of sulfonamides is 1. The predicted octanol–water partition coefficient (Wildman–Crippen LogP) is 0.336. The molecule has 0 spiro atoms. The number of anilines is 2. The number of nitrogens with two attached hydrogens (primary N) is 1. The summed E-state index contributed by atoms with van der Waals surface area (Å²) in [4.78, 5) is 3.75. The van der Waals surface area contributed by atoms with Gasteiger partial charge in [0.05, 0.1) is 23.5 Å². The summed E-state index contributed by atoms with van der Waals surface area (Å²) >= 11 is 5.88. The van der Waals surface area contributed by atoms with Crippen LogP contribution in [-0.2, 0) is 21.3 Å². The van der Waals surface area contributed by atoms with Crippen molar-refractivity contribution in [1.29, 1.82) is 0 Å². The highest BCUT2D eigenvalue weighted by atomic mass is 35.5. The summed E-state index contributed by atoms with van der Waals surface area (Å²) in [5.74, 6) is 0. The lowest BCUT2D eigenvalue weighted by atomic mass is 9.79. The zero-order valence-corrected chi connectivity index (χ0v) is 12.7. The number of hydrogen-bond donors (Lipinski definition) is 3. The zero-order valence-electron chi connectivity index (χ0n) is 11.2. The van der Waals surface area contributed by atoms with E-state index in [-0.39, 0.29) is 28.0 Å². The van der Waals surface area contributed by atoms with E-state index in [9.17, 15) is 13.4 Å². The average molecular weight is 340 g/mol. The largest absolute Gasteiger partial charge is 0.491 e. The summed E-state index contributed by atoms with van der Waals surface area (Å²) in [6, 6.07) is 6.07. The minimum atomic E-state index is -3.97. The third kappa shape index (κ3) is 2.75. The van der Waals surface area contributed by atoms with Crippen molar-refractivity contribution in [1.82, 2.24) is 4.98 Å². The van der Waals surface area contributed by atoms with Gasteiger partial charge in [-0.15, -0.1) is 0 Å². The fraction of sp³-hybridized carbons (Fsp3) is 0.0833. The number of nitrogens with one attached hydrogen (secondary N) is 1. The molecule has 7 nitrogen and oxygen atoms in total. The summed E-state index contributed by atoms with van der Waals surface area (Å²) < 4.78 is 32.1. The van der Waals surface area contributed by atoms with Crippen molar-refractivity contribution in [3.63, 3.8) is 0 Å². The number of nitrogen functional groups attached to an aromatic ring is 1. The minimum Gasteiger partial charge on any atom is -0.423 e.